The maximum Gasteiger partial charge on any atom is 0.259 e. The van der Waals surface area contributed by atoms with Crippen LogP contribution in [0.25, 0.3) is 0 Å². The van der Waals surface area contributed by atoms with Crippen molar-refractivity contribution in [2.24, 2.45) is 15.9 Å². The summed E-state index contributed by atoms with van der Waals surface area (Å²) in [4.78, 5) is 37.0. The van der Waals surface area contributed by atoms with Crippen molar-refractivity contribution in [3.63, 3.8) is 0 Å². The second kappa shape index (κ2) is 10.1. The lowest BCUT2D eigenvalue weighted by atomic mass is 10.0. The fourth-order valence-electron chi connectivity index (χ4n) is 3.82. The Labute approximate surface area is 203 Å². The molecule has 2 amide bonds. The van der Waals surface area contributed by atoms with E-state index in [9.17, 15) is 9.59 Å². The number of benzene rings is 2. The van der Waals surface area contributed by atoms with Gasteiger partial charge in [0.2, 0.25) is 5.91 Å². The Balaban J connectivity index is 1.45. The van der Waals surface area contributed by atoms with E-state index in [1.807, 2.05) is 55.5 Å². The van der Waals surface area contributed by atoms with Crippen LogP contribution in [0.15, 0.2) is 58.5 Å². The molecule has 0 aliphatic carbocycles. The van der Waals surface area contributed by atoms with Crippen LogP contribution in [0.1, 0.15) is 38.3 Å². The van der Waals surface area contributed by atoms with Crippen molar-refractivity contribution < 1.29 is 9.59 Å². The van der Waals surface area contributed by atoms with Crippen molar-refractivity contribution in [3.8, 4) is 0 Å². The largest absolute Gasteiger partial charge is 0.355 e. The topological polar surface area (TPSA) is 74.1 Å². The number of fused-ring (bicyclic) bond motifs is 3. The average molecular weight is 483 g/mol. The Morgan fingerprint density at radius 2 is 1.88 bits per heavy atom. The average Bonchev–Trinajstić information content (AvgIpc) is 3.11. The van der Waals surface area contributed by atoms with Gasteiger partial charge in [0, 0.05) is 17.1 Å². The third kappa shape index (κ3) is 5.31. The molecular formula is C25H27ClN4O2S. The first-order chi connectivity index (χ1) is 15.8. The van der Waals surface area contributed by atoms with E-state index in [4.69, 9.17) is 21.6 Å². The van der Waals surface area contributed by atoms with E-state index in [2.05, 4.69) is 19.2 Å². The second-order valence-electron chi connectivity index (χ2n) is 8.61. The fourth-order valence-corrected chi connectivity index (χ4v) is 4.88. The Morgan fingerprint density at radius 3 is 2.61 bits per heavy atom. The molecule has 2 aromatic carbocycles. The predicted octanol–water partition coefficient (Wildman–Crippen LogP) is 4.83. The quantitative estimate of drug-likeness (QED) is 0.614. The SMILES string of the molecule is CC(C)CC1N=C2c3ccccc3N=C(SC(C)C(=O)NCCc3ccc(Cl)cc3)N2C1=O. The van der Waals surface area contributed by atoms with Gasteiger partial charge in [-0.1, -0.05) is 61.5 Å². The van der Waals surface area contributed by atoms with Gasteiger partial charge in [0.1, 0.15) is 11.9 Å². The maximum atomic E-state index is 13.2. The summed E-state index contributed by atoms with van der Waals surface area (Å²) in [6.07, 6.45) is 1.40. The van der Waals surface area contributed by atoms with E-state index in [1.54, 1.807) is 4.90 Å². The van der Waals surface area contributed by atoms with Crippen LogP contribution in [0, 0.1) is 5.92 Å². The van der Waals surface area contributed by atoms with Crippen LogP contribution >= 0.6 is 23.4 Å². The zero-order valence-electron chi connectivity index (χ0n) is 18.9. The number of hydrogen-bond acceptors (Lipinski definition) is 5. The lowest BCUT2D eigenvalue weighted by molar-refractivity contribution is -0.125. The molecule has 33 heavy (non-hydrogen) atoms. The number of aliphatic imine (C=N–C) groups is 2. The number of thioether (sulfide) groups is 1. The molecule has 0 aromatic heterocycles. The number of halogens is 1. The normalized spacial score (nSPS) is 17.9. The lowest BCUT2D eigenvalue weighted by Crippen LogP contribution is -2.43. The van der Waals surface area contributed by atoms with Crippen molar-refractivity contribution in [2.45, 2.75) is 44.9 Å². The number of amidine groups is 2. The summed E-state index contributed by atoms with van der Waals surface area (Å²) >= 11 is 7.21. The van der Waals surface area contributed by atoms with Crippen LogP contribution in [0.4, 0.5) is 5.69 Å². The number of hydrogen-bond donors (Lipinski definition) is 1. The highest BCUT2D eigenvalue weighted by Crippen LogP contribution is 2.35. The molecule has 2 aliphatic heterocycles. The highest BCUT2D eigenvalue weighted by Gasteiger charge is 2.42. The molecule has 2 aliphatic rings. The van der Waals surface area contributed by atoms with Crippen LogP contribution in [0.5, 0.6) is 0 Å². The molecule has 2 unspecified atom stereocenters. The smallest absolute Gasteiger partial charge is 0.259 e. The molecule has 0 saturated carbocycles. The molecule has 0 radical (unpaired) electrons. The van der Waals surface area contributed by atoms with Gasteiger partial charge >= 0.3 is 0 Å². The standard InChI is InChI=1S/C25H27ClN4O2S/c1-15(2)14-21-24(32)30-22(28-21)19-6-4-5-7-20(19)29-25(30)33-16(3)23(31)27-13-12-17-8-10-18(26)11-9-17/h4-11,15-16,21H,12-14H2,1-3H3,(H,27,31). The summed E-state index contributed by atoms with van der Waals surface area (Å²) in [5, 5.41) is 3.76. The van der Waals surface area contributed by atoms with Gasteiger partial charge in [-0.05, 0) is 55.5 Å². The van der Waals surface area contributed by atoms with Gasteiger partial charge in [-0.2, -0.15) is 0 Å². The number of para-hydroxylation sites is 1. The molecule has 6 nitrogen and oxygen atoms in total. The molecule has 0 fully saturated rings. The number of carbonyl (C=O) groups is 2. The molecule has 0 saturated heterocycles. The van der Waals surface area contributed by atoms with Crippen LogP contribution < -0.4 is 5.32 Å². The van der Waals surface area contributed by atoms with E-state index in [0.29, 0.717) is 41.3 Å². The minimum atomic E-state index is -0.419. The highest BCUT2D eigenvalue weighted by atomic mass is 35.5. The lowest BCUT2D eigenvalue weighted by Gasteiger charge is -2.27. The first kappa shape index (κ1) is 23.5. The zero-order valence-corrected chi connectivity index (χ0v) is 20.5. The van der Waals surface area contributed by atoms with E-state index >= 15 is 0 Å². The van der Waals surface area contributed by atoms with Gasteiger partial charge in [-0.25, -0.2) is 9.89 Å². The number of nitrogens with zero attached hydrogens (tertiary/aromatic N) is 3. The van der Waals surface area contributed by atoms with Crippen molar-refractivity contribution in [3.05, 3.63) is 64.7 Å². The number of amides is 2. The van der Waals surface area contributed by atoms with Crippen LogP contribution in [0.2, 0.25) is 5.02 Å². The van der Waals surface area contributed by atoms with E-state index in [0.717, 1.165) is 16.8 Å². The third-order valence-electron chi connectivity index (χ3n) is 5.52. The molecule has 2 heterocycles. The summed E-state index contributed by atoms with van der Waals surface area (Å²) in [5.74, 6) is 0.807. The number of rotatable bonds is 7. The van der Waals surface area contributed by atoms with Crippen molar-refractivity contribution >= 4 is 51.9 Å². The monoisotopic (exact) mass is 482 g/mol. The summed E-state index contributed by atoms with van der Waals surface area (Å²) in [5.41, 5.74) is 2.72. The molecule has 0 spiro atoms. The molecule has 0 bridgehead atoms. The van der Waals surface area contributed by atoms with Gasteiger partial charge in [0.25, 0.3) is 5.91 Å². The first-order valence-electron chi connectivity index (χ1n) is 11.1. The van der Waals surface area contributed by atoms with Crippen molar-refractivity contribution in [2.75, 3.05) is 6.54 Å². The van der Waals surface area contributed by atoms with Crippen LogP contribution in [-0.2, 0) is 16.0 Å². The summed E-state index contributed by atoms with van der Waals surface area (Å²) in [6.45, 7) is 6.51. The summed E-state index contributed by atoms with van der Waals surface area (Å²) < 4.78 is 0. The van der Waals surface area contributed by atoms with E-state index in [1.165, 1.54) is 11.8 Å². The fraction of sp³-hybridized carbons (Fsp3) is 0.360. The molecule has 172 valence electrons. The van der Waals surface area contributed by atoms with E-state index < -0.39 is 11.3 Å². The molecular weight excluding hydrogens is 456 g/mol. The van der Waals surface area contributed by atoms with Gasteiger partial charge in [0.05, 0.1) is 10.9 Å². The molecule has 2 aromatic rings. The first-order valence-corrected chi connectivity index (χ1v) is 12.4. The summed E-state index contributed by atoms with van der Waals surface area (Å²) in [6, 6.07) is 14.9. The van der Waals surface area contributed by atoms with Crippen LogP contribution in [0.3, 0.4) is 0 Å². The Bertz CT molecular complexity index is 1110. The van der Waals surface area contributed by atoms with Crippen LogP contribution in [-0.4, -0.2) is 45.6 Å². The third-order valence-corrected chi connectivity index (χ3v) is 6.82. The second-order valence-corrected chi connectivity index (χ2v) is 10.4. The van der Waals surface area contributed by atoms with E-state index in [-0.39, 0.29) is 11.8 Å². The highest BCUT2D eigenvalue weighted by molar-refractivity contribution is 8.15. The Hall–Kier alpha value is -2.64. The zero-order chi connectivity index (χ0) is 23.5. The minimum absolute atomic E-state index is 0.0743. The van der Waals surface area contributed by atoms with Crippen molar-refractivity contribution in [1.29, 1.82) is 0 Å². The van der Waals surface area contributed by atoms with Gasteiger partial charge in [-0.3, -0.25) is 14.6 Å². The van der Waals surface area contributed by atoms with Gasteiger partial charge < -0.3 is 5.32 Å². The molecule has 8 heteroatoms. The van der Waals surface area contributed by atoms with Crippen molar-refractivity contribution in [1.82, 2.24) is 10.2 Å². The Kier molecular flexibility index (Phi) is 7.20. The number of carbonyl (C=O) groups excluding carboxylic acids is 2. The number of nitrogens with one attached hydrogen (secondary N) is 1. The summed E-state index contributed by atoms with van der Waals surface area (Å²) in [7, 11) is 0. The van der Waals surface area contributed by atoms with Gasteiger partial charge in [-0.15, -0.1) is 0 Å². The predicted molar refractivity (Wildman–Crippen MR) is 135 cm³/mol. The molecule has 2 atom stereocenters. The maximum absolute atomic E-state index is 13.2. The van der Waals surface area contributed by atoms with Gasteiger partial charge in [0.15, 0.2) is 5.17 Å². The minimum Gasteiger partial charge on any atom is -0.355 e. The Morgan fingerprint density at radius 1 is 1.15 bits per heavy atom. The molecule has 1 N–H and O–H groups in total. The molecule has 4 rings (SSSR count).